The van der Waals surface area contributed by atoms with E-state index in [-0.39, 0.29) is 23.3 Å². The molecule has 1 aromatic carbocycles. The van der Waals surface area contributed by atoms with E-state index in [0.29, 0.717) is 0 Å². The van der Waals surface area contributed by atoms with Gasteiger partial charge in [-0.3, -0.25) is 4.79 Å². The van der Waals surface area contributed by atoms with Crippen molar-refractivity contribution >= 4 is 44.9 Å². The number of rotatable bonds is 5. The summed E-state index contributed by atoms with van der Waals surface area (Å²) in [6.45, 7) is 8.22. The summed E-state index contributed by atoms with van der Waals surface area (Å²) in [4.78, 5) is 23.7. The van der Waals surface area contributed by atoms with E-state index in [9.17, 15) is 9.18 Å². The van der Waals surface area contributed by atoms with E-state index in [4.69, 9.17) is 0 Å². The second kappa shape index (κ2) is 7.72. The number of nitrogens with zero attached hydrogens (tertiary/aromatic N) is 2. The van der Waals surface area contributed by atoms with Crippen LogP contribution in [0.1, 0.15) is 36.0 Å². The van der Waals surface area contributed by atoms with E-state index < -0.39 is 5.82 Å². The number of fused-ring (bicyclic) bond motifs is 1. The van der Waals surface area contributed by atoms with Gasteiger partial charge in [0.15, 0.2) is 0 Å². The zero-order valence-corrected chi connectivity index (χ0v) is 16.7. The summed E-state index contributed by atoms with van der Waals surface area (Å²) in [5, 5.41) is 4.43. The van der Waals surface area contributed by atoms with Gasteiger partial charge in [-0.1, -0.05) is 37.7 Å². The molecule has 26 heavy (non-hydrogen) atoms. The Morgan fingerprint density at radius 3 is 2.69 bits per heavy atom. The monoisotopic (exact) mass is 389 g/mol. The van der Waals surface area contributed by atoms with Crippen LogP contribution in [-0.2, 0) is 4.79 Å². The predicted molar refractivity (Wildman–Crippen MR) is 107 cm³/mol. The molecule has 1 amide bonds. The molecule has 0 saturated carbocycles. The van der Waals surface area contributed by atoms with Gasteiger partial charge in [0.2, 0.25) is 5.91 Å². The topological polar surface area (TPSA) is 54.9 Å². The van der Waals surface area contributed by atoms with Gasteiger partial charge in [-0.05, 0) is 31.5 Å². The molecule has 0 radical (unpaired) electrons. The number of halogens is 1. The number of hydrogen-bond acceptors (Lipinski definition) is 5. The minimum absolute atomic E-state index is 0.159. The second-order valence-corrected chi connectivity index (χ2v) is 8.49. The number of aryl methyl sites for hydroxylation is 2. The molecule has 136 valence electrons. The minimum atomic E-state index is -0.443. The van der Waals surface area contributed by atoms with Crippen molar-refractivity contribution in [2.75, 3.05) is 11.1 Å². The number of hydrogen-bond donors (Lipinski definition) is 1. The predicted octanol–water partition coefficient (Wildman–Crippen LogP) is 5.30. The molecule has 0 saturated heterocycles. The van der Waals surface area contributed by atoms with Crippen LogP contribution in [0.25, 0.3) is 10.2 Å². The first kappa shape index (κ1) is 18.8. The van der Waals surface area contributed by atoms with Crippen LogP contribution < -0.4 is 5.32 Å². The number of anilines is 1. The molecule has 3 aromatic rings. The SMILES string of the molecule is Cc1sc2nc(C(C)C)nc(SCC(=O)Nc3ccccc3F)c2c1C. The fourth-order valence-corrected chi connectivity index (χ4v) is 4.47. The first-order valence-corrected chi connectivity index (χ1v) is 10.1. The van der Waals surface area contributed by atoms with Gasteiger partial charge in [-0.25, -0.2) is 14.4 Å². The molecule has 4 nitrogen and oxygen atoms in total. The van der Waals surface area contributed by atoms with Crippen LogP contribution in [-0.4, -0.2) is 21.6 Å². The normalized spacial score (nSPS) is 11.3. The summed E-state index contributed by atoms with van der Waals surface area (Å²) in [5.74, 6) is 0.431. The molecule has 0 aliphatic rings. The van der Waals surface area contributed by atoms with Crippen LogP contribution in [0.2, 0.25) is 0 Å². The van der Waals surface area contributed by atoms with Crippen molar-refractivity contribution in [3.63, 3.8) is 0 Å². The smallest absolute Gasteiger partial charge is 0.234 e. The van der Waals surface area contributed by atoms with Gasteiger partial charge in [0.25, 0.3) is 0 Å². The van der Waals surface area contributed by atoms with Crippen LogP contribution >= 0.6 is 23.1 Å². The van der Waals surface area contributed by atoms with Crippen molar-refractivity contribution in [1.29, 1.82) is 0 Å². The lowest BCUT2D eigenvalue weighted by Crippen LogP contribution is -2.15. The molecular weight excluding hydrogens is 369 g/mol. The molecular formula is C19H20FN3OS2. The maximum Gasteiger partial charge on any atom is 0.234 e. The van der Waals surface area contributed by atoms with Crippen LogP contribution in [0.15, 0.2) is 29.3 Å². The number of thiophene rings is 1. The standard InChI is InChI=1S/C19H20FN3OS2/c1-10(2)17-22-18(16-11(3)12(4)26-19(16)23-17)25-9-15(24)21-14-8-6-5-7-13(14)20/h5-8,10H,9H2,1-4H3,(H,21,24). The van der Waals surface area contributed by atoms with Gasteiger partial charge in [-0.15, -0.1) is 11.3 Å². The van der Waals surface area contributed by atoms with Gasteiger partial charge in [0.05, 0.1) is 11.4 Å². The average molecular weight is 390 g/mol. The Morgan fingerprint density at radius 1 is 1.27 bits per heavy atom. The second-order valence-electron chi connectivity index (χ2n) is 6.32. The number of para-hydroxylation sites is 1. The Bertz CT molecular complexity index is 969. The fraction of sp³-hybridized carbons (Fsp3) is 0.316. The number of aromatic nitrogens is 2. The molecule has 0 spiro atoms. The highest BCUT2D eigenvalue weighted by molar-refractivity contribution is 8.00. The highest BCUT2D eigenvalue weighted by Crippen LogP contribution is 2.36. The van der Waals surface area contributed by atoms with Crippen LogP contribution in [0.3, 0.4) is 0 Å². The molecule has 1 N–H and O–H groups in total. The van der Waals surface area contributed by atoms with Gasteiger partial charge in [0, 0.05) is 16.2 Å². The van der Waals surface area contributed by atoms with E-state index in [1.807, 2.05) is 13.8 Å². The Morgan fingerprint density at radius 2 is 2.00 bits per heavy atom. The largest absolute Gasteiger partial charge is 0.323 e. The van der Waals surface area contributed by atoms with Crippen molar-refractivity contribution < 1.29 is 9.18 Å². The summed E-state index contributed by atoms with van der Waals surface area (Å²) in [6.07, 6.45) is 0. The van der Waals surface area contributed by atoms with Crippen LogP contribution in [0.5, 0.6) is 0 Å². The number of carbonyl (C=O) groups is 1. The molecule has 0 bridgehead atoms. The highest BCUT2D eigenvalue weighted by Gasteiger charge is 2.17. The lowest BCUT2D eigenvalue weighted by atomic mass is 10.2. The Hall–Kier alpha value is -1.99. The van der Waals surface area contributed by atoms with Crippen LogP contribution in [0.4, 0.5) is 10.1 Å². The molecule has 7 heteroatoms. The third-order valence-corrected chi connectivity index (χ3v) is 6.09. The van der Waals surface area contributed by atoms with Gasteiger partial charge in [-0.2, -0.15) is 0 Å². The van der Waals surface area contributed by atoms with E-state index in [1.165, 1.54) is 22.7 Å². The first-order chi connectivity index (χ1) is 12.4. The molecule has 2 heterocycles. The Kier molecular flexibility index (Phi) is 5.58. The molecule has 0 atom stereocenters. The molecule has 0 fully saturated rings. The van der Waals surface area contributed by atoms with Crippen molar-refractivity contribution in [2.45, 2.75) is 38.6 Å². The van der Waals surface area contributed by atoms with Crippen LogP contribution in [0, 0.1) is 19.7 Å². The van der Waals surface area contributed by atoms with E-state index >= 15 is 0 Å². The Labute approximate surface area is 160 Å². The zero-order valence-electron chi connectivity index (χ0n) is 15.1. The molecule has 2 aromatic heterocycles. The number of carbonyl (C=O) groups excluding carboxylic acids is 1. The molecule has 0 unspecified atom stereocenters. The number of benzene rings is 1. The molecule has 3 rings (SSSR count). The third kappa shape index (κ3) is 3.88. The average Bonchev–Trinajstić information content (AvgIpc) is 2.89. The minimum Gasteiger partial charge on any atom is -0.323 e. The van der Waals surface area contributed by atoms with Crippen molar-refractivity contribution in [3.05, 3.63) is 46.3 Å². The third-order valence-electron chi connectivity index (χ3n) is 4.02. The van der Waals surface area contributed by atoms with E-state index in [0.717, 1.165) is 26.6 Å². The molecule has 0 aliphatic carbocycles. The summed E-state index contributed by atoms with van der Waals surface area (Å²) in [5.41, 5.74) is 1.34. The lowest BCUT2D eigenvalue weighted by molar-refractivity contribution is -0.113. The van der Waals surface area contributed by atoms with Crippen molar-refractivity contribution in [2.24, 2.45) is 0 Å². The molecule has 0 aliphatic heterocycles. The number of amides is 1. The first-order valence-electron chi connectivity index (χ1n) is 8.31. The van der Waals surface area contributed by atoms with E-state index in [2.05, 4.69) is 29.1 Å². The summed E-state index contributed by atoms with van der Waals surface area (Å²) < 4.78 is 13.7. The number of thioether (sulfide) groups is 1. The summed E-state index contributed by atoms with van der Waals surface area (Å²) in [6, 6.07) is 6.14. The van der Waals surface area contributed by atoms with Gasteiger partial charge < -0.3 is 5.32 Å². The maximum absolute atomic E-state index is 13.7. The fourth-order valence-electron chi connectivity index (χ4n) is 2.47. The van der Waals surface area contributed by atoms with Gasteiger partial charge >= 0.3 is 0 Å². The summed E-state index contributed by atoms with van der Waals surface area (Å²) >= 11 is 3.01. The summed E-state index contributed by atoms with van der Waals surface area (Å²) in [7, 11) is 0. The van der Waals surface area contributed by atoms with Crippen molar-refractivity contribution in [1.82, 2.24) is 9.97 Å². The van der Waals surface area contributed by atoms with Gasteiger partial charge in [0.1, 0.15) is 21.5 Å². The van der Waals surface area contributed by atoms with Crippen molar-refractivity contribution in [3.8, 4) is 0 Å². The highest BCUT2D eigenvalue weighted by atomic mass is 32.2. The maximum atomic E-state index is 13.7. The quantitative estimate of drug-likeness (QED) is 0.475. The zero-order chi connectivity index (χ0) is 18.8. The number of nitrogens with one attached hydrogen (secondary N) is 1. The lowest BCUT2D eigenvalue weighted by Gasteiger charge is -2.09. The van der Waals surface area contributed by atoms with E-state index in [1.54, 1.807) is 29.5 Å². The Balaban J connectivity index is 1.83.